The topological polar surface area (TPSA) is 48.9 Å². The Morgan fingerprint density at radius 3 is 2.81 bits per heavy atom. The van der Waals surface area contributed by atoms with Crippen LogP contribution in [0, 0.1) is 5.82 Å². The van der Waals surface area contributed by atoms with Gasteiger partial charge in [-0.2, -0.15) is 0 Å². The SMILES string of the molecule is CCNC(=NCc1cccs1)NCC(c1cccc(F)c1)N1CCOCC1. The molecule has 1 aromatic heterocycles. The molecule has 5 nitrogen and oxygen atoms in total. The number of rotatable bonds is 7. The number of guanidine groups is 1. The molecule has 0 amide bonds. The van der Waals surface area contributed by atoms with Gasteiger partial charge in [0.05, 0.1) is 25.8 Å². The lowest BCUT2D eigenvalue weighted by Gasteiger charge is -2.35. The Balaban J connectivity index is 1.70. The zero-order valence-corrected chi connectivity index (χ0v) is 16.5. The van der Waals surface area contributed by atoms with Crippen molar-refractivity contribution >= 4 is 17.3 Å². The molecule has 1 saturated heterocycles. The van der Waals surface area contributed by atoms with Crippen LogP contribution in [0.3, 0.4) is 0 Å². The van der Waals surface area contributed by atoms with E-state index in [1.807, 2.05) is 19.1 Å². The maximum Gasteiger partial charge on any atom is 0.191 e. The summed E-state index contributed by atoms with van der Waals surface area (Å²) in [7, 11) is 0. The zero-order valence-electron chi connectivity index (χ0n) is 15.7. The van der Waals surface area contributed by atoms with Gasteiger partial charge in [0.2, 0.25) is 0 Å². The van der Waals surface area contributed by atoms with Crippen molar-refractivity contribution in [3.63, 3.8) is 0 Å². The molecule has 0 saturated carbocycles. The number of thiophene rings is 1. The number of hydrogen-bond acceptors (Lipinski definition) is 4. The van der Waals surface area contributed by atoms with Gasteiger partial charge in [-0.3, -0.25) is 4.90 Å². The Kier molecular flexibility index (Phi) is 7.62. The van der Waals surface area contributed by atoms with E-state index in [1.54, 1.807) is 23.5 Å². The lowest BCUT2D eigenvalue weighted by molar-refractivity contribution is 0.0169. The third kappa shape index (κ3) is 6.02. The van der Waals surface area contributed by atoms with Crippen LogP contribution in [-0.4, -0.2) is 50.3 Å². The Morgan fingerprint density at radius 1 is 1.26 bits per heavy atom. The minimum Gasteiger partial charge on any atom is -0.379 e. The molecule has 1 fully saturated rings. The molecule has 146 valence electrons. The molecule has 27 heavy (non-hydrogen) atoms. The van der Waals surface area contributed by atoms with Crippen LogP contribution in [-0.2, 0) is 11.3 Å². The highest BCUT2D eigenvalue weighted by atomic mass is 32.1. The molecule has 1 aliphatic heterocycles. The average molecular weight is 391 g/mol. The quantitative estimate of drug-likeness (QED) is 0.564. The summed E-state index contributed by atoms with van der Waals surface area (Å²) in [5.74, 6) is 0.574. The smallest absolute Gasteiger partial charge is 0.191 e. The highest BCUT2D eigenvalue weighted by Gasteiger charge is 2.23. The molecule has 0 aliphatic carbocycles. The minimum atomic E-state index is -0.205. The van der Waals surface area contributed by atoms with Crippen molar-refractivity contribution in [1.82, 2.24) is 15.5 Å². The summed E-state index contributed by atoms with van der Waals surface area (Å²) < 4.78 is 19.3. The number of ether oxygens (including phenoxy) is 1. The molecule has 2 heterocycles. The molecule has 0 spiro atoms. The molecule has 0 radical (unpaired) electrons. The van der Waals surface area contributed by atoms with E-state index in [9.17, 15) is 4.39 Å². The van der Waals surface area contributed by atoms with Crippen LogP contribution in [0.25, 0.3) is 0 Å². The van der Waals surface area contributed by atoms with Crippen LogP contribution >= 0.6 is 11.3 Å². The molecule has 1 aromatic carbocycles. The van der Waals surface area contributed by atoms with Crippen LogP contribution < -0.4 is 10.6 Å². The maximum atomic E-state index is 13.8. The Hall–Kier alpha value is -1.96. The second-order valence-corrected chi connectivity index (χ2v) is 7.41. The fourth-order valence-corrected chi connectivity index (χ4v) is 3.78. The van der Waals surface area contributed by atoms with Crippen LogP contribution in [0.5, 0.6) is 0 Å². The van der Waals surface area contributed by atoms with E-state index in [0.717, 1.165) is 31.2 Å². The highest BCUT2D eigenvalue weighted by molar-refractivity contribution is 7.09. The van der Waals surface area contributed by atoms with Crippen molar-refractivity contribution in [2.75, 3.05) is 39.4 Å². The molecule has 3 rings (SSSR count). The molecule has 1 atom stereocenters. The van der Waals surface area contributed by atoms with Gasteiger partial charge in [-0.15, -0.1) is 11.3 Å². The van der Waals surface area contributed by atoms with Gasteiger partial charge in [-0.1, -0.05) is 18.2 Å². The monoisotopic (exact) mass is 390 g/mol. The van der Waals surface area contributed by atoms with E-state index < -0.39 is 0 Å². The number of aliphatic imine (C=N–C) groups is 1. The lowest BCUT2D eigenvalue weighted by Crippen LogP contribution is -2.46. The third-order valence-electron chi connectivity index (χ3n) is 4.50. The summed E-state index contributed by atoms with van der Waals surface area (Å²) in [5, 5.41) is 8.79. The summed E-state index contributed by atoms with van der Waals surface area (Å²) >= 11 is 1.70. The Morgan fingerprint density at radius 2 is 2.11 bits per heavy atom. The van der Waals surface area contributed by atoms with Crippen LogP contribution in [0.15, 0.2) is 46.8 Å². The van der Waals surface area contributed by atoms with Gasteiger partial charge in [0.25, 0.3) is 0 Å². The van der Waals surface area contributed by atoms with Crippen LogP contribution in [0.1, 0.15) is 23.4 Å². The molecule has 2 N–H and O–H groups in total. The van der Waals surface area contributed by atoms with Crippen molar-refractivity contribution < 1.29 is 9.13 Å². The minimum absolute atomic E-state index is 0.0650. The average Bonchev–Trinajstić information content (AvgIpc) is 3.21. The first-order valence-electron chi connectivity index (χ1n) is 9.38. The fraction of sp³-hybridized carbons (Fsp3) is 0.450. The zero-order chi connectivity index (χ0) is 18.9. The summed E-state index contributed by atoms with van der Waals surface area (Å²) in [5.41, 5.74) is 0.971. The summed E-state index contributed by atoms with van der Waals surface area (Å²) in [6.45, 7) is 7.23. The lowest BCUT2D eigenvalue weighted by atomic mass is 10.0. The van der Waals surface area contributed by atoms with Gasteiger partial charge in [0.15, 0.2) is 5.96 Å². The number of hydrogen-bond donors (Lipinski definition) is 2. The standard InChI is InChI=1S/C20H27FN4OS/c1-2-22-20(23-14-18-7-4-12-27-18)24-15-19(25-8-10-26-11-9-25)16-5-3-6-17(21)13-16/h3-7,12-13,19H,2,8-11,14-15H2,1H3,(H2,22,23,24). The molecule has 2 aromatic rings. The van der Waals surface area contributed by atoms with Gasteiger partial charge in [-0.25, -0.2) is 9.38 Å². The molecule has 7 heteroatoms. The molecule has 1 unspecified atom stereocenters. The summed E-state index contributed by atoms with van der Waals surface area (Å²) in [6, 6.07) is 11.1. The first-order chi connectivity index (χ1) is 13.3. The second kappa shape index (κ2) is 10.4. The van der Waals surface area contributed by atoms with Crippen molar-refractivity contribution in [3.05, 3.63) is 58.0 Å². The maximum absolute atomic E-state index is 13.8. The largest absolute Gasteiger partial charge is 0.379 e. The number of halogens is 1. The fourth-order valence-electron chi connectivity index (χ4n) is 3.16. The third-order valence-corrected chi connectivity index (χ3v) is 5.36. The van der Waals surface area contributed by atoms with E-state index in [0.29, 0.717) is 26.3 Å². The molecule has 0 bridgehead atoms. The summed E-state index contributed by atoms with van der Waals surface area (Å²) in [6.07, 6.45) is 0. The number of nitrogens with zero attached hydrogens (tertiary/aromatic N) is 2. The van der Waals surface area contributed by atoms with Crippen LogP contribution in [0.2, 0.25) is 0 Å². The molecule has 1 aliphatic rings. The van der Waals surface area contributed by atoms with E-state index >= 15 is 0 Å². The number of morpholine rings is 1. The van der Waals surface area contributed by atoms with E-state index in [1.165, 1.54) is 10.9 Å². The van der Waals surface area contributed by atoms with E-state index in [2.05, 4.69) is 32.0 Å². The Labute approximate surface area is 164 Å². The van der Waals surface area contributed by atoms with Gasteiger partial charge >= 0.3 is 0 Å². The second-order valence-electron chi connectivity index (χ2n) is 6.37. The van der Waals surface area contributed by atoms with Gasteiger partial charge in [0.1, 0.15) is 5.82 Å². The number of benzene rings is 1. The first kappa shape index (κ1) is 19.8. The van der Waals surface area contributed by atoms with Crippen molar-refractivity contribution in [2.24, 2.45) is 4.99 Å². The van der Waals surface area contributed by atoms with Crippen molar-refractivity contribution in [2.45, 2.75) is 19.5 Å². The van der Waals surface area contributed by atoms with Gasteiger partial charge < -0.3 is 15.4 Å². The molecular weight excluding hydrogens is 363 g/mol. The van der Waals surface area contributed by atoms with E-state index in [4.69, 9.17) is 4.74 Å². The molecular formula is C20H27FN4OS. The summed E-state index contributed by atoms with van der Waals surface area (Å²) in [4.78, 5) is 8.24. The van der Waals surface area contributed by atoms with E-state index in [-0.39, 0.29) is 11.9 Å². The first-order valence-corrected chi connectivity index (χ1v) is 10.3. The van der Waals surface area contributed by atoms with Crippen molar-refractivity contribution in [3.8, 4) is 0 Å². The normalized spacial score (nSPS) is 16.9. The van der Waals surface area contributed by atoms with Gasteiger partial charge in [0, 0.05) is 31.1 Å². The predicted octanol–water partition coefficient (Wildman–Crippen LogP) is 3.02. The van der Waals surface area contributed by atoms with Crippen molar-refractivity contribution in [1.29, 1.82) is 0 Å². The highest BCUT2D eigenvalue weighted by Crippen LogP contribution is 2.22. The predicted molar refractivity (Wildman–Crippen MR) is 109 cm³/mol. The van der Waals surface area contributed by atoms with Gasteiger partial charge in [-0.05, 0) is 36.1 Å². The van der Waals surface area contributed by atoms with Crippen LogP contribution in [0.4, 0.5) is 4.39 Å². The Bertz CT molecular complexity index is 717. The number of nitrogens with one attached hydrogen (secondary N) is 2.